The van der Waals surface area contributed by atoms with Gasteiger partial charge in [0.2, 0.25) is 0 Å². The van der Waals surface area contributed by atoms with Gasteiger partial charge in [-0.05, 0) is 54.2 Å². The lowest BCUT2D eigenvalue weighted by atomic mass is 9.95. The number of benzene rings is 1. The molecule has 12 heteroatoms. The van der Waals surface area contributed by atoms with E-state index in [9.17, 15) is 23.1 Å². The van der Waals surface area contributed by atoms with E-state index in [1.807, 2.05) is 30.3 Å². The molecule has 2 fully saturated rings. The van der Waals surface area contributed by atoms with Crippen LogP contribution in [0.2, 0.25) is 0 Å². The molecular formula is C27H34F3N7O2. The highest BCUT2D eigenvalue weighted by molar-refractivity contribution is 6.43. The number of tetrazole rings is 1. The van der Waals surface area contributed by atoms with Crippen LogP contribution < -0.4 is 5.32 Å². The fraction of sp³-hybridized carbons (Fsp3) is 0.519. The minimum Gasteiger partial charge on any atom is -0.387 e. The lowest BCUT2D eigenvalue weighted by Crippen LogP contribution is -2.41. The number of halogens is 3. The van der Waals surface area contributed by atoms with Crippen molar-refractivity contribution in [2.75, 3.05) is 20.1 Å². The number of likely N-dealkylation sites (tertiary alicyclic amines) is 1. The van der Waals surface area contributed by atoms with Crippen LogP contribution in [0.15, 0.2) is 59.6 Å². The van der Waals surface area contributed by atoms with Gasteiger partial charge in [0.15, 0.2) is 5.82 Å². The van der Waals surface area contributed by atoms with E-state index >= 15 is 0 Å². The minimum atomic E-state index is -4.41. The molecular weight excluding hydrogens is 511 g/mol. The SMILES string of the molecule is C=C(C=CC(=NC)C(=O)N1CCC(c2nnnn2CC(F)(F)F)CC1)CC1CCC(C(O)c2ccccc2)N1. The van der Waals surface area contributed by atoms with Gasteiger partial charge in [0, 0.05) is 38.1 Å². The van der Waals surface area contributed by atoms with Crippen LogP contribution in [-0.2, 0) is 11.3 Å². The van der Waals surface area contributed by atoms with Crippen molar-refractivity contribution in [2.24, 2.45) is 4.99 Å². The Balaban J connectivity index is 1.25. The number of hydrogen-bond acceptors (Lipinski definition) is 7. The third-order valence-electron chi connectivity index (χ3n) is 7.28. The van der Waals surface area contributed by atoms with Gasteiger partial charge in [-0.25, -0.2) is 4.68 Å². The Morgan fingerprint density at radius 2 is 1.92 bits per heavy atom. The normalized spacial score (nSPS) is 22.0. The van der Waals surface area contributed by atoms with Crippen LogP contribution in [0, 0.1) is 0 Å². The van der Waals surface area contributed by atoms with Crippen molar-refractivity contribution in [3.63, 3.8) is 0 Å². The van der Waals surface area contributed by atoms with E-state index in [1.54, 1.807) is 24.1 Å². The summed E-state index contributed by atoms with van der Waals surface area (Å²) in [6.07, 6.45) is 1.83. The molecule has 0 saturated carbocycles. The number of alkyl halides is 3. The largest absolute Gasteiger partial charge is 0.408 e. The number of aliphatic hydroxyl groups excluding tert-OH is 1. The number of rotatable bonds is 9. The molecule has 2 aliphatic rings. The number of nitrogens with zero attached hydrogens (tertiary/aromatic N) is 6. The molecule has 0 spiro atoms. The van der Waals surface area contributed by atoms with Gasteiger partial charge < -0.3 is 15.3 Å². The Morgan fingerprint density at radius 3 is 2.59 bits per heavy atom. The van der Waals surface area contributed by atoms with Crippen molar-refractivity contribution in [3.05, 3.63) is 66.0 Å². The van der Waals surface area contributed by atoms with Crippen LogP contribution in [0.3, 0.4) is 0 Å². The summed E-state index contributed by atoms with van der Waals surface area (Å²) >= 11 is 0. The molecule has 0 radical (unpaired) electrons. The second kappa shape index (κ2) is 12.6. The van der Waals surface area contributed by atoms with E-state index < -0.39 is 18.8 Å². The van der Waals surface area contributed by atoms with Crippen LogP contribution in [0.4, 0.5) is 13.2 Å². The minimum absolute atomic E-state index is 0.0236. The molecule has 4 rings (SSSR count). The summed E-state index contributed by atoms with van der Waals surface area (Å²) in [6, 6.07) is 9.74. The summed E-state index contributed by atoms with van der Waals surface area (Å²) in [5, 5.41) is 24.9. The molecule has 3 unspecified atom stereocenters. The van der Waals surface area contributed by atoms with Gasteiger partial charge in [0.05, 0.1) is 6.10 Å². The van der Waals surface area contributed by atoms with Crippen molar-refractivity contribution in [3.8, 4) is 0 Å². The lowest BCUT2D eigenvalue weighted by Gasteiger charge is -2.31. The topological polar surface area (TPSA) is 109 Å². The first-order chi connectivity index (χ1) is 18.6. The molecule has 1 aromatic heterocycles. The Hall–Kier alpha value is -3.38. The number of amides is 1. The Kier molecular flexibility index (Phi) is 9.28. The number of carbonyl (C=O) groups is 1. The van der Waals surface area contributed by atoms with E-state index in [1.165, 1.54) is 0 Å². The molecule has 2 N–H and O–H groups in total. The van der Waals surface area contributed by atoms with E-state index in [0.717, 1.165) is 28.7 Å². The van der Waals surface area contributed by atoms with Crippen molar-refractivity contribution in [2.45, 2.75) is 68.9 Å². The van der Waals surface area contributed by atoms with Gasteiger partial charge in [-0.1, -0.05) is 48.6 Å². The standard InChI is InChI=1S/C27H34F3N7O2/c1-18(16-21-9-11-22(32-21)24(38)19-6-4-3-5-7-19)8-10-23(31-2)26(39)36-14-12-20(13-15-36)25-33-34-35-37(25)17-27(28,29)30/h3-8,10,20-22,24,32,38H,1,9,11-17H2,2H3. The van der Waals surface area contributed by atoms with Crippen LogP contribution in [0.5, 0.6) is 0 Å². The maximum Gasteiger partial charge on any atom is 0.408 e. The average Bonchev–Trinajstić information content (AvgIpc) is 3.57. The second-order valence-corrected chi connectivity index (χ2v) is 10.1. The summed E-state index contributed by atoms with van der Waals surface area (Å²) < 4.78 is 39.2. The van der Waals surface area contributed by atoms with Gasteiger partial charge in [-0.2, -0.15) is 13.2 Å². The summed E-state index contributed by atoms with van der Waals surface area (Å²) in [4.78, 5) is 18.9. The van der Waals surface area contributed by atoms with Crippen molar-refractivity contribution >= 4 is 11.6 Å². The maximum absolute atomic E-state index is 13.1. The zero-order chi connectivity index (χ0) is 28.0. The molecule has 3 heterocycles. The predicted molar refractivity (Wildman–Crippen MR) is 140 cm³/mol. The first-order valence-electron chi connectivity index (χ1n) is 13.1. The number of allylic oxidation sites excluding steroid dienone is 1. The van der Waals surface area contributed by atoms with Gasteiger partial charge >= 0.3 is 6.18 Å². The third-order valence-corrected chi connectivity index (χ3v) is 7.28. The number of aromatic nitrogens is 4. The van der Waals surface area contributed by atoms with Crippen LogP contribution >= 0.6 is 0 Å². The predicted octanol–water partition coefficient (Wildman–Crippen LogP) is 3.37. The number of carbonyl (C=O) groups excluding carboxylic acids is 1. The quantitative estimate of drug-likeness (QED) is 0.370. The van der Waals surface area contributed by atoms with E-state index in [2.05, 4.69) is 32.4 Å². The zero-order valence-corrected chi connectivity index (χ0v) is 21.9. The highest BCUT2D eigenvalue weighted by Gasteiger charge is 2.34. The van der Waals surface area contributed by atoms with Crippen molar-refractivity contribution in [1.29, 1.82) is 0 Å². The Morgan fingerprint density at radius 1 is 1.21 bits per heavy atom. The number of hydrogen-bond donors (Lipinski definition) is 2. The van der Waals surface area contributed by atoms with Crippen molar-refractivity contribution in [1.82, 2.24) is 30.4 Å². The zero-order valence-electron chi connectivity index (χ0n) is 21.9. The van der Waals surface area contributed by atoms with Gasteiger partial charge in [-0.3, -0.25) is 9.79 Å². The van der Waals surface area contributed by atoms with Crippen LogP contribution in [0.1, 0.15) is 55.5 Å². The van der Waals surface area contributed by atoms with Crippen molar-refractivity contribution < 1.29 is 23.1 Å². The fourth-order valence-electron chi connectivity index (χ4n) is 5.25. The third kappa shape index (κ3) is 7.60. The number of nitrogens with one attached hydrogen (secondary N) is 1. The lowest BCUT2D eigenvalue weighted by molar-refractivity contribution is -0.143. The molecule has 9 nitrogen and oxygen atoms in total. The van der Waals surface area contributed by atoms with E-state index in [0.29, 0.717) is 32.4 Å². The second-order valence-electron chi connectivity index (χ2n) is 10.1. The maximum atomic E-state index is 13.1. The van der Waals surface area contributed by atoms with Gasteiger partial charge in [0.25, 0.3) is 5.91 Å². The Labute approximate surface area is 225 Å². The monoisotopic (exact) mass is 545 g/mol. The highest BCUT2D eigenvalue weighted by atomic mass is 19.4. The molecule has 210 valence electrons. The Bertz CT molecular complexity index is 1190. The highest BCUT2D eigenvalue weighted by Crippen LogP contribution is 2.29. The van der Waals surface area contributed by atoms with Gasteiger partial charge in [-0.15, -0.1) is 5.10 Å². The molecule has 2 saturated heterocycles. The molecule has 39 heavy (non-hydrogen) atoms. The molecule has 2 aliphatic heterocycles. The summed E-state index contributed by atoms with van der Waals surface area (Å²) in [5.74, 6) is -0.300. The molecule has 2 aromatic rings. The number of aliphatic hydroxyl groups is 1. The fourth-order valence-corrected chi connectivity index (χ4v) is 5.25. The van der Waals surface area contributed by atoms with Gasteiger partial charge in [0.1, 0.15) is 12.3 Å². The van der Waals surface area contributed by atoms with Crippen LogP contribution in [0.25, 0.3) is 0 Å². The molecule has 1 amide bonds. The number of piperidine rings is 1. The van der Waals surface area contributed by atoms with E-state index in [-0.39, 0.29) is 35.4 Å². The first-order valence-corrected chi connectivity index (χ1v) is 13.1. The summed E-state index contributed by atoms with van der Waals surface area (Å²) in [6.45, 7) is 3.63. The average molecular weight is 546 g/mol. The van der Waals surface area contributed by atoms with E-state index in [4.69, 9.17) is 0 Å². The molecule has 0 aliphatic carbocycles. The molecule has 1 aromatic carbocycles. The molecule has 0 bridgehead atoms. The summed E-state index contributed by atoms with van der Waals surface area (Å²) in [7, 11) is 1.55. The molecule has 3 atom stereocenters. The number of aliphatic imine (C=N–C) groups is 1. The van der Waals surface area contributed by atoms with Crippen LogP contribution in [-0.4, -0.2) is 80.2 Å². The first kappa shape index (κ1) is 28.6. The summed E-state index contributed by atoms with van der Waals surface area (Å²) in [5.41, 5.74) is 2.01. The smallest absolute Gasteiger partial charge is 0.387 e.